The molecule has 2 rings (SSSR count). The van der Waals surface area contributed by atoms with Crippen LogP contribution in [-0.2, 0) is 11.3 Å². The van der Waals surface area contributed by atoms with Gasteiger partial charge in [-0.25, -0.2) is 9.78 Å². The summed E-state index contributed by atoms with van der Waals surface area (Å²) in [6.45, 7) is 5.06. The molecule has 2 amide bonds. The van der Waals surface area contributed by atoms with Gasteiger partial charge in [0.2, 0.25) is 0 Å². The SMILES string of the molecule is CCC1(C(=O)O)CCCN(C(=O)NCc2csc(C)n2)C1. The van der Waals surface area contributed by atoms with Crippen molar-refractivity contribution in [2.75, 3.05) is 13.1 Å². The number of carbonyl (C=O) groups is 2. The van der Waals surface area contributed by atoms with Gasteiger partial charge in [-0.1, -0.05) is 6.92 Å². The van der Waals surface area contributed by atoms with Crippen LogP contribution in [-0.4, -0.2) is 40.1 Å². The number of carboxylic acids is 1. The third kappa shape index (κ3) is 3.53. The first kappa shape index (κ1) is 15.8. The highest BCUT2D eigenvalue weighted by molar-refractivity contribution is 7.09. The van der Waals surface area contributed by atoms with Crippen LogP contribution in [0.25, 0.3) is 0 Å². The van der Waals surface area contributed by atoms with Gasteiger partial charge in [0.15, 0.2) is 0 Å². The normalized spacial score (nSPS) is 22.1. The van der Waals surface area contributed by atoms with E-state index in [-0.39, 0.29) is 12.6 Å². The molecule has 21 heavy (non-hydrogen) atoms. The fraction of sp³-hybridized carbons (Fsp3) is 0.643. The summed E-state index contributed by atoms with van der Waals surface area (Å²) in [6, 6.07) is -0.209. The van der Waals surface area contributed by atoms with Crippen LogP contribution in [0.5, 0.6) is 0 Å². The molecule has 1 aromatic rings. The highest BCUT2D eigenvalue weighted by Gasteiger charge is 2.42. The maximum atomic E-state index is 12.2. The van der Waals surface area contributed by atoms with Crippen molar-refractivity contribution in [3.05, 3.63) is 16.1 Å². The Bertz CT molecular complexity index is 531. The van der Waals surface area contributed by atoms with Crippen molar-refractivity contribution in [3.8, 4) is 0 Å². The highest BCUT2D eigenvalue weighted by Crippen LogP contribution is 2.33. The van der Waals surface area contributed by atoms with E-state index < -0.39 is 11.4 Å². The smallest absolute Gasteiger partial charge is 0.317 e. The second-order valence-electron chi connectivity index (χ2n) is 5.48. The lowest BCUT2D eigenvalue weighted by Gasteiger charge is -2.39. The second-order valence-corrected chi connectivity index (χ2v) is 6.54. The Morgan fingerprint density at radius 2 is 2.33 bits per heavy atom. The van der Waals surface area contributed by atoms with E-state index in [0.29, 0.717) is 25.9 Å². The topological polar surface area (TPSA) is 82.5 Å². The van der Waals surface area contributed by atoms with Crippen LogP contribution in [0.4, 0.5) is 4.79 Å². The lowest BCUT2D eigenvalue weighted by atomic mass is 9.78. The lowest BCUT2D eigenvalue weighted by molar-refractivity contribution is -0.152. The molecule has 1 fully saturated rings. The van der Waals surface area contributed by atoms with Crippen LogP contribution in [0.1, 0.15) is 36.9 Å². The number of urea groups is 1. The minimum Gasteiger partial charge on any atom is -0.481 e. The third-order valence-corrected chi connectivity index (χ3v) is 4.90. The van der Waals surface area contributed by atoms with Gasteiger partial charge in [-0.15, -0.1) is 11.3 Å². The number of aliphatic carboxylic acids is 1. The Balaban J connectivity index is 1.94. The number of nitrogens with one attached hydrogen (secondary N) is 1. The number of piperidine rings is 1. The van der Waals surface area contributed by atoms with E-state index in [1.807, 2.05) is 19.2 Å². The maximum absolute atomic E-state index is 12.2. The van der Waals surface area contributed by atoms with Crippen molar-refractivity contribution >= 4 is 23.3 Å². The molecule has 0 saturated carbocycles. The summed E-state index contributed by atoms with van der Waals surface area (Å²) in [5.41, 5.74) is 0.0372. The van der Waals surface area contributed by atoms with Crippen LogP contribution in [0.2, 0.25) is 0 Å². The first-order chi connectivity index (χ1) is 9.97. The number of thiazole rings is 1. The average molecular weight is 311 g/mol. The monoisotopic (exact) mass is 311 g/mol. The summed E-state index contributed by atoms with van der Waals surface area (Å²) < 4.78 is 0. The first-order valence-electron chi connectivity index (χ1n) is 7.14. The molecule has 1 aliphatic heterocycles. The van der Waals surface area contributed by atoms with E-state index >= 15 is 0 Å². The van der Waals surface area contributed by atoms with Gasteiger partial charge in [0, 0.05) is 18.5 Å². The fourth-order valence-electron chi connectivity index (χ4n) is 2.69. The molecule has 2 heterocycles. The van der Waals surface area contributed by atoms with E-state index in [1.165, 1.54) is 0 Å². The molecular formula is C14H21N3O3S. The number of rotatable bonds is 4. The molecule has 0 radical (unpaired) electrons. The summed E-state index contributed by atoms with van der Waals surface area (Å²) in [5, 5.41) is 15.1. The Labute approximate surface area is 128 Å². The third-order valence-electron chi connectivity index (χ3n) is 4.08. The first-order valence-corrected chi connectivity index (χ1v) is 8.02. The molecule has 1 atom stereocenters. The number of nitrogens with zero attached hydrogens (tertiary/aromatic N) is 2. The molecule has 1 saturated heterocycles. The predicted molar refractivity (Wildman–Crippen MR) is 80.3 cm³/mol. The van der Waals surface area contributed by atoms with Crippen LogP contribution in [0.15, 0.2) is 5.38 Å². The van der Waals surface area contributed by atoms with Crippen LogP contribution >= 0.6 is 11.3 Å². The molecule has 1 unspecified atom stereocenters. The summed E-state index contributed by atoms with van der Waals surface area (Å²) >= 11 is 1.55. The number of likely N-dealkylation sites (tertiary alicyclic amines) is 1. The quantitative estimate of drug-likeness (QED) is 0.893. The van der Waals surface area contributed by atoms with E-state index in [4.69, 9.17) is 0 Å². The molecular weight excluding hydrogens is 290 g/mol. The molecule has 1 aromatic heterocycles. The largest absolute Gasteiger partial charge is 0.481 e. The number of hydrogen-bond acceptors (Lipinski definition) is 4. The molecule has 2 N–H and O–H groups in total. The van der Waals surface area contributed by atoms with Gasteiger partial charge >= 0.3 is 12.0 Å². The van der Waals surface area contributed by atoms with Gasteiger partial charge in [0.25, 0.3) is 0 Å². The standard InChI is InChI=1S/C14H21N3O3S/c1-3-14(12(18)19)5-4-6-17(9-14)13(20)15-7-11-8-21-10(2)16-11/h8H,3-7,9H2,1-2H3,(H,15,20)(H,18,19). The Kier molecular flexibility index (Phi) is 4.82. The Hall–Kier alpha value is -1.63. The Morgan fingerprint density at radius 3 is 2.90 bits per heavy atom. The summed E-state index contributed by atoms with van der Waals surface area (Å²) in [5.74, 6) is -0.808. The number of amides is 2. The van der Waals surface area contributed by atoms with Crippen LogP contribution in [0.3, 0.4) is 0 Å². The number of aromatic nitrogens is 1. The molecule has 7 heteroatoms. The number of carbonyl (C=O) groups excluding carboxylic acids is 1. The van der Waals surface area contributed by atoms with Gasteiger partial charge in [-0.05, 0) is 26.2 Å². The molecule has 0 aliphatic carbocycles. The minimum atomic E-state index is -0.808. The second kappa shape index (κ2) is 6.43. The van der Waals surface area contributed by atoms with Crippen molar-refractivity contribution in [3.63, 3.8) is 0 Å². The molecule has 6 nitrogen and oxygen atoms in total. The van der Waals surface area contributed by atoms with E-state index in [9.17, 15) is 14.7 Å². The summed E-state index contributed by atoms with van der Waals surface area (Å²) in [6.07, 6.45) is 1.90. The molecule has 116 valence electrons. The average Bonchev–Trinajstić information content (AvgIpc) is 2.90. The van der Waals surface area contributed by atoms with E-state index in [0.717, 1.165) is 17.1 Å². The summed E-state index contributed by atoms with van der Waals surface area (Å²) in [7, 11) is 0. The number of hydrogen-bond donors (Lipinski definition) is 2. The van der Waals surface area contributed by atoms with Crippen molar-refractivity contribution in [2.24, 2.45) is 5.41 Å². The van der Waals surface area contributed by atoms with E-state index in [1.54, 1.807) is 16.2 Å². The maximum Gasteiger partial charge on any atom is 0.317 e. The number of aryl methyl sites for hydroxylation is 1. The van der Waals surface area contributed by atoms with Crippen molar-refractivity contribution in [1.29, 1.82) is 0 Å². The zero-order valence-corrected chi connectivity index (χ0v) is 13.2. The molecule has 0 bridgehead atoms. The van der Waals surface area contributed by atoms with Gasteiger partial charge < -0.3 is 15.3 Å². The van der Waals surface area contributed by atoms with Gasteiger partial charge in [0.05, 0.1) is 22.7 Å². The minimum absolute atomic E-state index is 0.209. The van der Waals surface area contributed by atoms with Gasteiger partial charge in [-0.3, -0.25) is 4.79 Å². The number of carboxylic acid groups (broad SMARTS) is 1. The van der Waals surface area contributed by atoms with Crippen molar-refractivity contribution in [2.45, 2.75) is 39.7 Å². The molecule has 0 spiro atoms. The zero-order chi connectivity index (χ0) is 15.5. The molecule has 0 aromatic carbocycles. The van der Waals surface area contributed by atoms with Crippen molar-refractivity contribution < 1.29 is 14.7 Å². The van der Waals surface area contributed by atoms with Crippen LogP contribution < -0.4 is 5.32 Å². The van der Waals surface area contributed by atoms with Crippen molar-refractivity contribution in [1.82, 2.24) is 15.2 Å². The van der Waals surface area contributed by atoms with Gasteiger partial charge in [0.1, 0.15) is 0 Å². The van der Waals surface area contributed by atoms with E-state index in [2.05, 4.69) is 10.3 Å². The Morgan fingerprint density at radius 1 is 1.57 bits per heavy atom. The fourth-order valence-corrected chi connectivity index (χ4v) is 3.30. The lowest BCUT2D eigenvalue weighted by Crippen LogP contribution is -2.52. The molecule has 1 aliphatic rings. The highest BCUT2D eigenvalue weighted by atomic mass is 32.1. The predicted octanol–water partition coefficient (Wildman–Crippen LogP) is 2.24. The van der Waals surface area contributed by atoms with Gasteiger partial charge in [-0.2, -0.15) is 0 Å². The summed E-state index contributed by atoms with van der Waals surface area (Å²) in [4.78, 5) is 29.6. The van der Waals surface area contributed by atoms with Crippen LogP contribution in [0, 0.1) is 12.3 Å². The zero-order valence-electron chi connectivity index (χ0n) is 12.4.